The van der Waals surface area contributed by atoms with Gasteiger partial charge in [0.05, 0.1) is 20.4 Å². The first-order valence-corrected chi connectivity index (χ1v) is 10.6. The Bertz CT molecular complexity index is 1210. The number of hydrogen-bond acceptors (Lipinski definition) is 5. The monoisotopic (exact) mass is 430 g/mol. The van der Waals surface area contributed by atoms with E-state index in [1.54, 1.807) is 30.3 Å². The summed E-state index contributed by atoms with van der Waals surface area (Å²) < 4.78 is 23.2. The minimum Gasteiger partial charge on any atom is -0.322 e. The lowest BCUT2D eigenvalue weighted by atomic mass is 10.0. The van der Waals surface area contributed by atoms with Gasteiger partial charge in [0.2, 0.25) is 0 Å². The van der Waals surface area contributed by atoms with Crippen LogP contribution in [0.1, 0.15) is 10.4 Å². The van der Waals surface area contributed by atoms with Crippen LogP contribution in [0.15, 0.2) is 71.6 Å². The molecule has 3 aromatic rings. The number of benzene rings is 3. The van der Waals surface area contributed by atoms with E-state index < -0.39 is 20.7 Å². The van der Waals surface area contributed by atoms with Crippen LogP contribution in [0.2, 0.25) is 5.02 Å². The van der Waals surface area contributed by atoms with Crippen LogP contribution in [-0.2, 0) is 9.84 Å². The van der Waals surface area contributed by atoms with Gasteiger partial charge in [-0.1, -0.05) is 23.7 Å². The molecule has 0 fully saturated rings. The van der Waals surface area contributed by atoms with Gasteiger partial charge in [0.1, 0.15) is 0 Å². The number of nitrogens with zero attached hydrogens (tertiary/aromatic N) is 1. The first kappa shape index (κ1) is 20.5. The summed E-state index contributed by atoms with van der Waals surface area (Å²) in [6.45, 7) is 0. The van der Waals surface area contributed by atoms with Crippen LogP contribution in [0.25, 0.3) is 11.1 Å². The minimum absolute atomic E-state index is 0.00890. The third kappa shape index (κ3) is 4.79. The molecule has 0 radical (unpaired) electrons. The van der Waals surface area contributed by atoms with Crippen LogP contribution in [0.5, 0.6) is 0 Å². The molecule has 0 aliphatic rings. The fourth-order valence-corrected chi connectivity index (χ4v) is 3.64. The van der Waals surface area contributed by atoms with Gasteiger partial charge in [0, 0.05) is 24.1 Å². The molecule has 3 aromatic carbocycles. The van der Waals surface area contributed by atoms with Crippen molar-refractivity contribution in [2.24, 2.45) is 0 Å². The number of amides is 1. The predicted molar refractivity (Wildman–Crippen MR) is 111 cm³/mol. The maximum Gasteiger partial charge on any atom is 0.269 e. The first-order chi connectivity index (χ1) is 13.6. The Hall–Kier alpha value is -3.23. The highest BCUT2D eigenvalue weighted by Gasteiger charge is 2.15. The number of nitro benzene ring substituents is 1. The standard InChI is InChI=1S/C20H15ClN2O5S/c1-29(27,28)17-9-10-18(19(21)12-17)20(24)22-15-4-2-3-14(11-15)13-5-7-16(8-6-13)23(25)26/h2-12H,1H3,(H,22,24). The van der Waals surface area contributed by atoms with E-state index in [-0.39, 0.29) is 21.2 Å². The number of non-ortho nitro benzene ring substituents is 1. The highest BCUT2D eigenvalue weighted by molar-refractivity contribution is 7.90. The van der Waals surface area contributed by atoms with Crippen molar-refractivity contribution in [2.75, 3.05) is 11.6 Å². The molecule has 0 atom stereocenters. The van der Waals surface area contributed by atoms with Gasteiger partial charge < -0.3 is 5.32 Å². The molecule has 0 aromatic heterocycles. The summed E-state index contributed by atoms with van der Waals surface area (Å²) in [6.07, 6.45) is 1.06. The third-order valence-corrected chi connectivity index (χ3v) is 5.57. The van der Waals surface area contributed by atoms with Crippen LogP contribution in [0, 0.1) is 10.1 Å². The summed E-state index contributed by atoms with van der Waals surface area (Å²) in [5.41, 5.74) is 2.14. The zero-order valence-electron chi connectivity index (χ0n) is 15.1. The Balaban J connectivity index is 1.83. The summed E-state index contributed by atoms with van der Waals surface area (Å²) in [4.78, 5) is 22.9. The molecule has 0 saturated heterocycles. The molecule has 29 heavy (non-hydrogen) atoms. The lowest BCUT2D eigenvalue weighted by Gasteiger charge is -2.10. The number of carbonyl (C=O) groups is 1. The summed E-state index contributed by atoms with van der Waals surface area (Å²) in [6, 6.07) is 16.9. The molecule has 7 nitrogen and oxygen atoms in total. The van der Waals surface area contributed by atoms with Crippen LogP contribution in [-0.4, -0.2) is 25.5 Å². The normalized spacial score (nSPS) is 11.1. The average molecular weight is 431 g/mol. The maximum absolute atomic E-state index is 12.5. The van der Waals surface area contributed by atoms with Gasteiger partial charge in [0.25, 0.3) is 11.6 Å². The predicted octanol–water partition coefficient (Wildman–Crippen LogP) is 4.57. The molecule has 1 N–H and O–H groups in total. The summed E-state index contributed by atoms with van der Waals surface area (Å²) in [7, 11) is -3.43. The third-order valence-electron chi connectivity index (χ3n) is 4.15. The fourth-order valence-electron chi connectivity index (χ4n) is 2.66. The molecule has 148 valence electrons. The Labute approximate surface area is 172 Å². The zero-order valence-corrected chi connectivity index (χ0v) is 16.7. The zero-order chi connectivity index (χ0) is 21.2. The van der Waals surface area contributed by atoms with Crippen molar-refractivity contribution >= 4 is 38.7 Å². The number of nitrogens with one attached hydrogen (secondary N) is 1. The molecule has 0 saturated carbocycles. The molecule has 0 unspecified atom stereocenters. The summed E-state index contributed by atoms with van der Waals surface area (Å²) in [5.74, 6) is -0.490. The Morgan fingerprint density at radius 3 is 2.28 bits per heavy atom. The Morgan fingerprint density at radius 2 is 1.69 bits per heavy atom. The number of carbonyl (C=O) groups excluding carboxylic acids is 1. The van der Waals surface area contributed by atoms with Crippen LogP contribution < -0.4 is 5.32 Å². The smallest absolute Gasteiger partial charge is 0.269 e. The van der Waals surface area contributed by atoms with E-state index in [1.165, 1.54) is 30.3 Å². The lowest BCUT2D eigenvalue weighted by Crippen LogP contribution is -2.13. The van der Waals surface area contributed by atoms with Gasteiger partial charge in [-0.25, -0.2) is 8.42 Å². The number of anilines is 1. The van der Waals surface area contributed by atoms with Crippen molar-refractivity contribution in [3.8, 4) is 11.1 Å². The van der Waals surface area contributed by atoms with E-state index in [0.717, 1.165) is 17.4 Å². The molecule has 1 amide bonds. The van der Waals surface area contributed by atoms with Crippen molar-refractivity contribution in [2.45, 2.75) is 4.90 Å². The molecule has 9 heteroatoms. The number of hydrogen-bond donors (Lipinski definition) is 1. The number of halogens is 1. The largest absolute Gasteiger partial charge is 0.322 e. The van der Waals surface area contributed by atoms with E-state index in [0.29, 0.717) is 5.69 Å². The number of nitro groups is 1. The molecule has 0 bridgehead atoms. The van der Waals surface area contributed by atoms with E-state index in [1.807, 2.05) is 6.07 Å². The second kappa shape index (κ2) is 8.02. The minimum atomic E-state index is -3.43. The summed E-state index contributed by atoms with van der Waals surface area (Å²) >= 11 is 6.08. The van der Waals surface area contributed by atoms with Crippen molar-refractivity contribution in [1.29, 1.82) is 0 Å². The van der Waals surface area contributed by atoms with Gasteiger partial charge in [-0.2, -0.15) is 0 Å². The highest BCUT2D eigenvalue weighted by Crippen LogP contribution is 2.26. The number of rotatable bonds is 5. The van der Waals surface area contributed by atoms with Crippen LogP contribution >= 0.6 is 11.6 Å². The Kier molecular flexibility index (Phi) is 5.67. The molecule has 0 heterocycles. The van der Waals surface area contributed by atoms with E-state index >= 15 is 0 Å². The molecule has 0 aliphatic heterocycles. The van der Waals surface area contributed by atoms with Gasteiger partial charge in [-0.15, -0.1) is 0 Å². The maximum atomic E-state index is 12.5. The van der Waals surface area contributed by atoms with Crippen molar-refractivity contribution in [3.63, 3.8) is 0 Å². The topological polar surface area (TPSA) is 106 Å². The molecular weight excluding hydrogens is 416 g/mol. The summed E-state index contributed by atoms with van der Waals surface area (Å²) in [5, 5.41) is 13.5. The van der Waals surface area contributed by atoms with Crippen molar-refractivity contribution in [1.82, 2.24) is 0 Å². The number of sulfone groups is 1. The van der Waals surface area contributed by atoms with E-state index in [4.69, 9.17) is 11.6 Å². The molecule has 3 rings (SSSR count). The average Bonchev–Trinajstić information content (AvgIpc) is 2.67. The first-order valence-electron chi connectivity index (χ1n) is 8.31. The van der Waals surface area contributed by atoms with Gasteiger partial charge in [-0.3, -0.25) is 14.9 Å². The quantitative estimate of drug-likeness (QED) is 0.471. The highest BCUT2D eigenvalue weighted by atomic mass is 35.5. The second-order valence-electron chi connectivity index (χ2n) is 6.25. The Morgan fingerprint density at radius 1 is 1.00 bits per heavy atom. The molecule has 0 spiro atoms. The lowest BCUT2D eigenvalue weighted by molar-refractivity contribution is -0.384. The fraction of sp³-hybridized carbons (Fsp3) is 0.0500. The van der Waals surface area contributed by atoms with Gasteiger partial charge >= 0.3 is 0 Å². The SMILES string of the molecule is CS(=O)(=O)c1ccc(C(=O)Nc2cccc(-c3ccc([N+](=O)[O-])cc3)c2)c(Cl)c1. The molecule has 0 aliphatic carbocycles. The van der Waals surface area contributed by atoms with Crippen LogP contribution in [0.4, 0.5) is 11.4 Å². The molecular formula is C20H15ClN2O5S. The van der Waals surface area contributed by atoms with Crippen LogP contribution in [0.3, 0.4) is 0 Å². The second-order valence-corrected chi connectivity index (χ2v) is 8.68. The van der Waals surface area contributed by atoms with Crippen molar-refractivity contribution < 1.29 is 18.1 Å². The van der Waals surface area contributed by atoms with Crippen molar-refractivity contribution in [3.05, 3.63) is 87.4 Å². The van der Waals surface area contributed by atoms with E-state index in [2.05, 4.69) is 5.32 Å². The van der Waals surface area contributed by atoms with Gasteiger partial charge in [0.15, 0.2) is 9.84 Å². The van der Waals surface area contributed by atoms with Gasteiger partial charge in [-0.05, 0) is 53.6 Å². The van der Waals surface area contributed by atoms with E-state index in [9.17, 15) is 23.3 Å².